The molecule has 1 N–H and O–H groups in total. The van der Waals surface area contributed by atoms with Crippen LogP contribution in [0.25, 0.3) is 0 Å². The summed E-state index contributed by atoms with van der Waals surface area (Å²) in [6.45, 7) is 4.56. The molecule has 3 nitrogen and oxygen atoms in total. The maximum atomic E-state index is 9.09. The van der Waals surface area contributed by atoms with E-state index in [4.69, 9.17) is 5.11 Å². The monoisotopic (exact) mass is 206 g/mol. The van der Waals surface area contributed by atoms with Gasteiger partial charge in [-0.1, -0.05) is 6.07 Å². The maximum Gasteiger partial charge on any atom is 0.0572 e. The van der Waals surface area contributed by atoms with Crippen LogP contribution in [0.5, 0.6) is 0 Å². The van der Waals surface area contributed by atoms with Gasteiger partial charge in [-0.15, -0.1) is 0 Å². The fraction of sp³-hybridized carbons (Fsp3) is 0.583. The zero-order valence-electron chi connectivity index (χ0n) is 9.13. The largest absolute Gasteiger partial charge is 0.396 e. The van der Waals surface area contributed by atoms with Crippen molar-refractivity contribution in [2.45, 2.75) is 19.4 Å². The van der Waals surface area contributed by atoms with Crippen LogP contribution in [0.2, 0.25) is 0 Å². The molecule has 1 fully saturated rings. The Morgan fingerprint density at radius 2 is 2.47 bits per heavy atom. The van der Waals surface area contributed by atoms with E-state index in [1.165, 1.54) is 0 Å². The first-order chi connectivity index (χ1) is 7.31. The molecule has 1 aromatic rings. The van der Waals surface area contributed by atoms with Gasteiger partial charge in [-0.3, -0.25) is 9.88 Å². The number of likely N-dealkylation sites (tertiary alicyclic amines) is 1. The first-order valence-electron chi connectivity index (χ1n) is 5.57. The highest BCUT2D eigenvalue weighted by Crippen LogP contribution is 2.25. The van der Waals surface area contributed by atoms with Gasteiger partial charge in [0.05, 0.1) is 5.69 Å². The standard InChI is InChI=1S/C12H18N2O/c1-10(12-4-2-3-6-13-12)14-7-5-11(8-14)9-15/h2-4,6,10-11,15H,5,7-9H2,1H3. The molecule has 2 heterocycles. The number of hydrogen-bond donors (Lipinski definition) is 1. The third-order valence-corrected chi connectivity index (χ3v) is 3.24. The predicted molar refractivity (Wildman–Crippen MR) is 59.4 cm³/mol. The minimum Gasteiger partial charge on any atom is -0.396 e. The van der Waals surface area contributed by atoms with Crippen molar-refractivity contribution in [2.24, 2.45) is 5.92 Å². The lowest BCUT2D eigenvalue weighted by Crippen LogP contribution is -2.25. The topological polar surface area (TPSA) is 36.4 Å². The first-order valence-corrected chi connectivity index (χ1v) is 5.57. The summed E-state index contributed by atoms with van der Waals surface area (Å²) in [7, 11) is 0. The lowest BCUT2D eigenvalue weighted by molar-refractivity contribution is 0.203. The third kappa shape index (κ3) is 2.36. The number of aliphatic hydroxyl groups excluding tert-OH is 1. The smallest absolute Gasteiger partial charge is 0.0572 e. The maximum absolute atomic E-state index is 9.09. The molecule has 2 unspecified atom stereocenters. The molecule has 1 saturated heterocycles. The molecule has 0 spiro atoms. The number of pyridine rings is 1. The Morgan fingerprint density at radius 1 is 1.60 bits per heavy atom. The number of nitrogens with zero attached hydrogens (tertiary/aromatic N) is 2. The number of aliphatic hydroxyl groups is 1. The fourth-order valence-corrected chi connectivity index (χ4v) is 2.17. The SMILES string of the molecule is CC(c1ccccn1)N1CCC(CO)C1. The molecular weight excluding hydrogens is 188 g/mol. The van der Waals surface area contributed by atoms with E-state index in [1.54, 1.807) is 0 Å². The highest BCUT2D eigenvalue weighted by molar-refractivity contribution is 5.08. The normalized spacial score (nSPS) is 24.3. The van der Waals surface area contributed by atoms with Crippen molar-refractivity contribution in [1.29, 1.82) is 0 Å². The number of hydrogen-bond acceptors (Lipinski definition) is 3. The van der Waals surface area contributed by atoms with Gasteiger partial charge >= 0.3 is 0 Å². The molecular formula is C12H18N2O. The summed E-state index contributed by atoms with van der Waals surface area (Å²) in [6.07, 6.45) is 2.94. The first kappa shape index (κ1) is 10.6. The molecule has 1 aliphatic rings. The van der Waals surface area contributed by atoms with Crippen LogP contribution in [0, 0.1) is 5.92 Å². The minimum absolute atomic E-state index is 0.311. The molecule has 15 heavy (non-hydrogen) atoms. The van der Waals surface area contributed by atoms with Gasteiger partial charge in [0.2, 0.25) is 0 Å². The second-order valence-electron chi connectivity index (χ2n) is 4.26. The molecule has 0 amide bonds. The van der Waals surface area contributed by atoms with Gasteiger partial charge in [0.15, 0.2) is 0 Å². The predicted octanol–water partition coefficient (Wildman–Crippen LogP) is 1.46. The van der Waals surface area contributed by atoms with Crippen molar-refractivity contribution < 1.29 is 5.11 Å². The van der Waals surface area contributed by atoms with Gasteiger partial charge in [-0.2, -0.15) is 0 Å². The van der Waals surface area contributed by atoms with Crippen LogP contribution in [-0.4, -0.2) is 34.7 Å². The molecule has 3 heteroatoms. The van der Waals surface area contributed by atoms with Crippen LogP contribution in [0.15, 0.2) is 24.4 Å². The van der Waals surface area contributed by atoms with E-state index >= 15 is 0 Å². The van der Waals surface area contributed by atoms with E-state index in [0.717, 1.165) is 25.2 Å². The van der Waals surface area contributed by atoms with E-state index in [0.29, 0.717) is 18.6 Å². The van der Waals surface area contributed by atoms with E-state index in [2.05, 4.69) is 22.9 Å². The molecule has 1 aliphatic heterocycles. The summed E-state index contributed by atoms with van der Waals surface area (Å²) >= 11 is 0. The Kier molecular flexibility index (Phi) is 3.34. The van der Waals surface area contributed by atoms with Gasteiger partial charge < -0.3 is 5.11 Å². The fourth-order valence-electron chi connectivity index (χ4n) is 2.17. The molecule has 0 aromatic carbocycles. The summed E-state index contributed by atoms with van der Waals surface area (Å²) in [5.41, 5.74) is 1.12. The average Bonchev–Trinajstić information content (AvgIpc) is 2.78. The van der Waals surface area contributed by atoms with Crippen LogP contribution >= 0.6 is 0 Å². The van der Waals surface area contributed by atoms with E-state index in [9.17, 15) is 0 Å². The van der Waals surface area contributed by atoms with Crippen molar-refractivity contribution >= 4 is 0 Å². The van der Waals surface area contributed by atoms with Crippen LogP contribution in [0.1, 0.15) is 25.1 Å². The van der Waals surface area contributed by atoms with Gasteiger partial charge in [-0.25, -0.2) is 0 Å². The lowest BCUT2D eigenvalue weighted by Gasteiger charge is -2.23. The van der Waals surface area contributed by atoms with Gasteiger partial charge in [0, 0.05) is 25.4 Å². The summed E-state index contributed by atoms with van der Waals surface area (Å²) in [5.74, 6) is 0.455. The van der Waals surface area contributed by atoms with Crippen molar-refractivity contribution in [1.82, 2.24) is 9.88 Å². The second kappa shape index (κ2) is 4.73. The highest BCUT2D eigenvalue weighted by atomic mass is 16.3. The molecule has 0 radical (unpaired) electrons. The van der Waals surface area contributed by atoms with Crippen molar-refractivity contribution in [3.63, 3.8) is 0 Å². The van der Waals surface area contributed by atoms with Crippen LogP contribution in [0.3, 0.4) is 0 Å². The molecule has 0 aliphatic carbocycles. The van der Waals surface area contributed by atoms with Crippen molar-refractivity contribution in [3.05, 3.63) is 30.1 Å². The molecule has 0 saturated carbocycles. The molecule has 1 aromatic heterocycles. The number of aromatic nitrogens is 1. The third-order valence-electron chi connectivity index (χ3n) is 3.24. The molecule has 2 rings (SSSR count). The van der Waals surface area contributed by atoms with Gasteiger partial charge in [0.25, 0.3) is 0 Å². The Bertz CT molecular complexity index is 302. The lowest BCUT2D eigenvalue weighted by atomic mass is 10.1. The van der Waals surface area contributed by atoms with Gasteiger partial charge in [0.1, 0.15) is 0 Å². The van der Waals surface area contributed by atoms with E-state index < -0.39 is 0 Å². The highest BCUT2D eigenvalue weighted by Gasteiger charge is 2.26. The summed E-state index contributed by atoms with van der Waals surface area (Å²) in [5, 5.41) is 9.09. The van der Waals surface area contributed by atoms with E-state index in [1.807, 2.05) is 18.3 Å². The second-order valence-corrected chi connectivity index (χ2v) is 4.26. The summed E-state index contributed by atoms with van der Waals surface area (Å²) in [4.78, 5) is 6.76. The van der Waals surface area contributed by atoms with Crippen molar-refractivity contribution in [3.8, 4) is 0 Å². The Labute approximate surface area is 90.8 Å². The zero-order chi connectivity index (χ0) is 10.7. The van der Waals surface area contributed by atoms with Gasteiger partial charge in [-0.05, 0) is 37.9 Å². The minimum atomic E-state index is 0.311. The number of rotatable bonds is 3. The molecule has 82 valence electrons. The zero-order valence-corrected chi connectivity index (χ0v) is 9.13. The quantitative estimate of drug-likeness (QED) is 0.813. The Balaban J connectivity index is 2.00. The average molecular weight is 206 g/mol. The molecule has 2 atom stereocenters. The van der Waals surface area contributed by atoms with E-state index in [-0.39, 0.29) is 0 Å². The van der Waals surface area contributed by atoms with Crippen LogP contribution in [-0.2, 0) is 0 Å². The Hall–Kier alpha value is -0.930. The summed E-state index contributed by atoms with van der Waals surface area (Å²) in [6, 6.07) is 6.40. The van der Waals surface area contributed by atoms with Crippen LogP contribution < -0.4 is 0 Å². The van der Waals surface area contributed by atoms with Crippen molar-refractivity contribution in [2.75, 3.05) is 19.7 Å². The Morgan fingerprint density at radius 3 is 3.07 bits per heavy atom. The summed E-state index contributed by atoms with van der Waals surface area (Å²) < 4.78 is 0. The van der Waals surface area contributed by atoms with Crippen LogP contribution in [0.4, 0.5) is 0 Å². The molecule has 0 bridgehead atoms.